The topological polar surface area (TPSA) is 29.0 Å². The molecule has 1 aromatic rings. The second-order valence-corrected chi connectivity index (χ2v) is 3.52. The fourth-order valence-corrected chi connectivity index (χ4v) is 1.22. The summed E-state index contributed by atoms with van der Waals surface area (Å²) in [7, 11) is 2.04. The summed E-state index contributed by atoms with van der Waals surface area (Å²) in [5.74, 6) is 0.829. The molecule has 1 heterocycles. The Morgan fingerprint density at radius 2 is 1.86 bits per heavy atom. The van der Waals surface area contributed by atoms with Gasteiger partial charge in [0.05, 0.1) is 0 Å². The van der Waals surface area contributed by atoms with E-state index >= 15 is 0 Å². The van der Waals surface area contributed by atoms with E-state index in [1.807, 2.05) is 19.4 Å². The van der Waals surface area contributed by atoms with E-state index in [1.165, 1.54) is 18.4 Å². The van der Waals surface area contributed by atoms with Crippen molar-refractivity contribution in [3.63, 3.8) is 0 Å². The minimum Gasteiger partial charge on any atom is -0.344 e. The standard InChI is InChI=1S/C11H19N3/c1-4-6-7-14(3)11-12-8-10(5-2)9-13-11/h8-9H,4-7H2,1-3H3. The first-order valence-corrected chi connectivity index (χ1v) is 5.30. The van der Waals surface area contributed by atoms with E-state index in [9.17, 15) is 0 Å². The highest BCUT2D eigenvalue weighted by Crippen LogP contribution is 2.06. The van der Waals surface area contributed by atoms with Gasteiger partial charge in [-0.3, -0.25) is 0 Å². The summed E-state index contributed by atoms with van der Waals surface area (Å²) in [6, 6.07) is 0. The monoisotopic (exact) mass is 193 g/mol. The van der Waals surface area contributed by atoms with Gasteiger partial charge in [0.25, 0.3) is 0 Å². The van der Waals surface area contributed by atoms with E-state index in [2.05, 4.69) is 28.7 Å². The molecule has 0 radical (unpaired) electrons. The lowest BCUT2D eigenvalue weighted by Crippen LogP contribution is -2.20. The van der Waals surface area contributed by atoms with Gasteiger partial charge in [0.15, 0.2) is 0 Å². The Hall–Kier alpha value is -1.12. The Balaban J connectivity index is 2.57. The molecule has 0 aliphatic rings. The molecule has 1 rings (SSSR count). The molecule has 78 valence electrons. The van der Waals surface area contributed by atoms with Crippen LogP contribution in [0.25, 0.3) is 0 Å². The Bertz CT molecular complexity index is 256. The fourth-order valence-electron chi connectivity index (χ4n) is 1.22. The van der Waals surface area contributed by atoms with E-state index < -0.39 is 0 Å². The van der Waals surface area contributed by atoms with Gasteiger partial charge in [-0.2, -0.15) is 0 Å². The molecule has 0 saturated heterocycles. The lowest BCUT2D eigenvalue weighted by molar-refractivity contribution is 0.748. The van der Waals surface area contributed by atoms with Crippen LogP contribution in [-0.4, -0.2) is 23.6 Å². The van der Waals surface area contributed by atoms with E-state index in [-0.39, 0.29) is 0 Å². The zero-order valence-corrected chi connectivity index (χ0v) is 9.32. The van der Waals surface area contributed by atoms with Gasteiger partial charge in [-0.05, 0) is 18.4 Å². The molecule has 0 aromatic carbocycles. The maximum atomic E-state index is 4.32. The number of anilines is 1. The van der Waals surface area contributed by atoms with Gasteiger partial charge < -0.3 is 4.90 Å². The Morgan fingerprint density at radius 1 is 1.21 bits per heavy atom. The zero-order valence-electron chi connectivity index (χ0n) is 9.32. The summed E-state index contributed by atoms with van der Waals surface area (Å²) < 4.78 is 0. The van der Waals surface area contributed by atoms with E-state index in [4.69, 9.17) is 0 Å². The van der Waals surface area contributed by atoms with Crippen molar-refractivity contribution < 1.29 is 0 Å². The zero-order chi connectivity index (χ0) is 10.4. The predicted molar refractivity (Wildman–Crippen MR) is 59.6 cm³/mol. The van der Waals surface area contributed by atoms with Crippen LogP contribution in [0.5, 0.6) is 0 Å². The van der Waals surface area contributed by atoms with Gasteiger partial charge in [0.2, 0.25) is 5.95 Å². The summed E-state index contributed by atoms with van der Waals surface area (Å²) >= 11 is 0. The summed E-state index contributed by atoms with van der Waals surface area (Å²) in [4.78, 5) is 10.7. The first kappa shape index (κ1) is 11.0. The molecule has 0 saturated carbocycles. The molecule has 14 heavy (non-hydrogen) atoms. The molecule has 0 fully saturated rings. The molecule has 3 nitrogen and oxygen atoms in total. The van der Waals surface area contributed by atoms with Crippen molar-refractivity contribution in [3.8, 4) is 0 Å². The molecule has 1 aromatic heterocycles. The van der Waals surface area contributed by atoms with Crippen LogP contribution in [0.1, 0.15) is 32.3 Å². The number of unbranched alkanes of at least 4 members (excludes halogenated alkanes) is 1. The second kappa shape index (κ2) is 5.58. The number of aryl methyl sites for hydroxylation is 1. The van der Waals surface area contributed by atoms with Crippen LogP contribution < -0.4 is 4.90 Å². The summed E-state index contributed by atoms with van der Waals surface area (Å²) in [5.41, 5.74) is 1.19. The summed E-state index contributed by atoms with van der Waals surface area (Å²) in [6.07, 6.45) is 7.21. The maximum Gasteiger partial charge on any atom is 0.224 e. The predicted octanol–water partition coefficient (Wildman–Crippen LogP) is 2.28. The highest BCUT2D eigenvalue weighted by atomic mass is 15.2. The third-order valence-corrected chi connectivity index (χ3v) is 2.29. The largest absolute Gasteiger partial charge is 0.344 e. The van der Waals surface area contributed by atoms with E-state index in [0.717, 1.165) is 18.9 Å². The highest BCUT2D eigenvalue weighted by molar-refractivity contribution is 5.27. The molecule has 3 heteroatoms. The minimum atomic E-state index is 0.829. The number of hydrogen-bond donors (Lipinski definition) is 0. The van der Waals surface area contributed by atoms with Crippen molar-refractivity contribution in [1.82, 2.24) is 9.97 Å². The van der Waals surface area contributed by atoms with Gasteiger partial charge in [0, 0.05) is 26.0 Å². The number of rotatable bonds is 5. The van der Waals surface area contributed by atoms with Gasteiger partial charge >= 0.3 is 0 Å². The average molecular weight is 193 g/mol. The second-order valence-electron chi connectivity index (χ2n) is 3.52. The third kappa shape index (κ3) is 2.98. The molecule has 0 aliphatic heterocycles. The lowest BCUT2D eigenvalue weighted by Gasteiger charge is -2.16. The Labute approximate surface area is 86.2 Å². The molecule has 0 bridgehead atoms. The number of nitrogens with zero attached hydrogens (tertiary/aromatic N) is 3. The third-order valence-electron chi connectivity index (χ3n) is 2.29. The van der Waals surface area contributed by atoms with Crippen molar-refractivity contribution in [2.75, 3.05) is 18.5 Å². The van der Waals surface area contributed by atoms with Gasteiger partial charge in [-0.15, -0.1) is 0 Å². The molecule has 0 aliphatic carbocycles. The molecule has 0 atom stereocenters. The number of aromatic nitrogens is 2. The van der Waals surface area contributed by atoms with Crippen LogP contribution in [0.3, 0.4) is 0 Å². The Morgan fingerprint density at radius 3 is 2.36 bits per heavy atom. The summed E-state index contributed by atoms with van der Waals surface area (Å²) in [5, 5.41) is 0. The van der Waals surface area contributed by atoms with Gasteiger partial charge in [-0.25, -0.2) is 9.97 Å². The van der Waals surface area contributed by atoms with E-state index in [0.29, 0.717) is 0 Å². The molecule has 0 unspecified atom stereocenters. The van der Waals surface area contributed by atoms with Crippen molar-refractivity contribution in [2.24, 2.45) is 0 Å². The molecular weight excluding hydrogens is 174 g/mol. The fraction of sp³-hybridized carbons (Fsp3) is 0.636. The van der Waals surface area contributed by atoms with Crippen molar-refractivity contribution in [1.29, 1.82) is 0 Å². The first-order chi connectivity index (χ1) is 6.77. The molecular formula is C11H19N3. The van der Waals surface area contributed by atoms with E-state index in [1.54, 1.807) is 0 Å². The van der Waals surface area contributed by atoms with Crippen LogP contribution in [0.15, 0.2) is 12.4 Å². The van der Waals surface area contributed by atoms with Crippen molar-refractivity contribution in [2.45, 2.75) is 33.1 Å². The van der Waals surface area contributed by atoms with Crippen LogP contribution >= 0.6 is 0 Å². The van der Waals surface area contributed by atoms with Crippen LogP contribution in [0, 0.1) is 0 Å². The highest BCUT2D eigenvalue weighted by Gasteiger charge is 2.02. The molecule has 0 N–H and O–H groups in total. The molecule has 0 amide bonds. The van der Waals surface area contributed by atoms with Gasteiger partial charge in [-0.1, -0.05) is 20.3 Å². The van der Waals surface area contributed by atoms with Crippen molar-refractivity contribution >= 4 is 5.95 Å². The normalized spacial score (nSPS) is 10.2. The van der Waals surface area contributed by atoms with Crippen LogP contribution in [-0.2, 0) is 6.42 Å². The Kier molecular flexibility index (Phi) is 4.36. The van der Waals surface area contributed by atoms with Crippen LogP contribution in [0.4, 0.5) is 5.95 Å². The number of hydrogen-bond acceptors (Lipinski definition) is 3. The average Bonchev–Trinajstić information content (AvgIpc) is 2.26. The summed E-state index contributed by atoms with van der Waals surface area (Å²) in [6.45, 7) is 5.33. The molecule has 0 spiro atoms. The van der Waals surface area contributed by atoms with Gasteiger partial charge in [0.1, 0.15) is 0 Å². The lowest BCUT2D eigenvalue weighted by atomic mass is 10.3. The maximum absolute atomic E-state index is 4.32. The quantitative estimate of drug-likeness (QED) is 0.718. The van der Waals surface area contributed by atoms with Crippen LogP contribution in [0.2, 0.25) is 0 Å². The minimum absolute atomic E-state index is 0.829. The van der Waals surface area contributed by atoms with Crippen molar-refractivity contribution in [3.05, 3.63) is 18.0 Å². The smallest absolute Gasteiger partial charge is 0.224 e. The SMILES string of the molecule is CCCCN(C)c1ncc(CC)cn1. The first-order valence-electron chi connectivity index (χ1n) is 5.30.